The Bertz CT molecular complexity index is 525. The van der Waals surface area contributed by atoms with Gasteiger partial charge in [0.2, 0.25) is 0 Å². The Morgan fingerprint density at radius 1 is 1.50 bits per heavy atom. The number of nitriles is 1. The molecule has 0 aliphatic rings. The molecule has 70 valence electrons. The third-order valence-corrected chi connectivity index (χ3v) is 3.49. The molecule has 4 heteroatoms. The van der Waals surface area contributed by atoms with Crippen LogP contribution in [0.3, 0.4) is 0 Å². The predicted octanol–water partition coefficient (Wildman–Crippen LogP) is 2.96. The second kappa shape index (κ2) is 3.52. The number of hydrogen-bond acceptors (Lipinski definition) is 4. The molecule has 0 saturated carbocycles. The molecular formula is C10H7NOS2. The highest BCUT2D eigenvalue weighted by Gasteiger charge is 2.09. The van der Waals surface area contributed by atoms with Crippen LogP contribution in [0.15, 0.2) is 22.4 Å². The Balaban J connectivity index is 2.74. The molecule has 0 aliphatic heterocycles. The largest absolute Gasteiger partial charge is 0.506 e. The Kier molecular flexibility index (Phi) is 2.36. The second-order valence-corrected chi connectivity index (χ2v) is 4.26. The van der Waals surface area contributed by atoms with Gasteiger partial charge in [-0.15, -0.1) is 24.0 Å². The van der Waals surface area contributed by atoms with Gasteiger partial charge in [-0.1, -0.05) is 6.07 Å². The zero-order valence-corrected chi connectivity index (χ0v) is 8.90. The third-order valence-electron chi connectivity index (χ3n) is 2.05. The number of benzene rings is 1. The zero-order chi connectivity index (χ0) is 10.1. The quantitative estimate of drug-likeness (QED) is 0.727. The maximum Gasteiger partial charge on any atom is 0.135 e. The first-order chi connectivity index (χ1) is 6.74. The van der Waals surface area contributed by atoms with E-state index >= 15 is 0 Å². The number of rotatable bonds is 1. The first kappa shape index (κ1) is 9.38. The molecule has 14 heavy (non-hydrogen) atoms. The van der Waals surface area contributed by atoms with Crippen molar-refractivity contribution in [3.8, 4) is 11.8 Å². The van der Waals surface area contributed by atoms with E-state index in [-0.39, 0.29) is 5.75 Å². The molecule has 1 N–H and O–H groups in total. The lowest BCUT2D eigenvalue weighted by atomic mass is 10.1. The maximum atomic E-state index is 9.56. The highest BCUT2D eigenvalue weighted by molar-refractivity contribution is 7.80. The van der Waals surface area contributed by atoms with Crippen molar-refractivity contribution in [2.75, 3.05) is 0 Å². The van der Waals surface area contributed by atoms with Crippen molar-refractivity contribution < 1.29 is 5.11 Å². The average molecular weight is 221 g/mol. The molecule has 0 amide bonds. The van der Waals surface area contributed by atoms with Crippen LogP contribution >= 0.6 is 24.0 Å². The summed E-state index contributed by atoms with van der Waals surface area (Å²) in [4.78, 5) is 0.711. The normalized spacial score (nSPS) is 10.3. The van der Waals surface area contributed by atoms with Gasteiger partial charge in [0.1, 0.15) is 5.75 Å². The molecule has 0 unspecified atom stereocenters. The standard InChI is InChI=1S/C10H7NOS2/c11-4-3-6-1-2-8-9(10(6)13)7(12)5-14-8/h1-2,5,12-13H,3H2. The number of hydrogen-bond donors (Lipinski definition) is 2. The summed E-state index contributed by atoms with van der Waals surface area (Å²) in [5.41, 5.74) is 0.858. The number of fused-ring (bicyclic) bond motifs is 1. The van der Waals surface area contributed by atoms with Crippen LogP contribution in [0.25, 0.3) is 10.1 Å². The lowest BCUT2D eigenvalue weighted by Gasteiger charge is -2.02. The summed E-state index contributed by atoms with van der Waals surface area (Å²) in [7, 11) is 0. The summed E-state index contributed by atoms with van der Waals surface area (Å²) in [6.45, 7) is 0. The molecule has 2 rings (SSSR count). The molecule has 1 heterocycles. The second-order valence-electron chi connectivity index (χ2n) is 2.90. The van der Waals surface area contributed by atoms with Crippen LogP contribution in [0, 0.1) is 11.3 Å². The minimum absolute atomic E-state index is 0.245. The van der Waals surface area contributed by atoms with Crippen molar-refractivity contribution in [1.29, 1.82) is 5.26 Å². The molecular weight excluding hydrogens is 214 g/mol. The van der Waals surface area contributed by atoms with Crippen LogP contribution in [-0.2, 0) is 6.42 Å². The van der Waals surface area contributed by atoms with Crippen molar-refractivity contribution in [1.82, 2.24) is 0 Å². The van der Waals surface area contributed by atoms with E-state index in [9.17, 15) is 5.11 Å². The lowest BCUT2D eigenvalue weighted by molar-refractivity contribution is 0.483. The van der Waals surface area contributed by atoms with Crippen molar-refractivity contribution in [3.05, 3.63) is 23.1 Å². The summed E-state index contributed by atoms with van der Waals surface area (Å²) < 4.78 is 0.995. The molecule has 0 aliphatic carbocycles. The van der Waals surface area contributed by atoms with Gasteiger partial charge in [-0.3, -0.25) is 0 Å². The fraction of sp³-hybridized carbons (Fsp3) is 0.100. The SMILES string of the molecule is N#CCc1ccc2scc(O)c2c1S. The average Bonchev–Trinajstić information content (AvgIpc) is 2.54. The van der Waals surface area contributed by atoms with Gasteiger partial charge >= 0.3 is 0 Å². The Morgan fingerprint density at radius 3 is 3.00 bits per heavy atom. The van der Waals surface area contributed by atoms with Crippen molar-refractivity contribution in [3.63, 3.8) is 0 Å². The van der Waals surface area contributed by atoms with Crippen LogP contribution in [0.5, 0.6) is 5.75 Å². The van der Waals surface area contributed by atoms with Gasteiger partial charge in [0.05, 0.1) is 12.5 Å². The van der Waals surface area contributed by atoms with Gasteiger partial charge in [0, 0.05) is 20.4 Å². The smallest absolute Gasteiger partial charge is 0.135 e. The van der Waals surface area contributed by atoms with Gasteiger partial charge in [0.25, 0.3) is 0 Å². The molecule has 1 aromatic carbocycles. The highest BCUT2D eigenvalue weighted by atomic mass is 32.1. The van der Waals surface area contributed by atoms with E-state index < -0.39 is 0 Å². The van der Waals surface area contributed by atoms with Crippen LogP contribution in [0.4, 0.5) is 0 Å². The van der Waals surface area contributed by atoms with E-state index in [0.717, 1.165) is 15.6 Å². The van der Waals surface area contributed by atoms with Crippen LogP contribution in [0.2, 0.25) is 0 Å². The molecule has 0 spiro atoms. The molecule has 0 bridgehead atoms. The first-order valence-corrected chi connectivity index (χ1v) is 5.34. The summed E-state index contributed by atoms with van der Waals surface area (Å²) in [6, 6.07) is 5.86. The van der Waals surface area contributed by atoms with Crippen LogP contribution in [-0.4, -0.2) is 5.11 Å². The number of thiophene rings is 1. The summed E-state index contributed by atoms with van der Waals surface area (Å²) in [5, 5.41) is 20.6. The minimum Gasteiger partial charge on any atom is -0.506 e. The molecule has 0 atom stereocenters. The number of aromatic hydroxyl groups is 1. The molecule has 0 radical (unpaired) electrons. The predicted molar refractivity (Wildman–Crippen MR) is 60.1 cm³/mol. The van der Waals surface area contributed by atoms with Crippen LogP contribution in [0.1, 0.15) is 5.56 Å². The van der Waals surface area contributed by atoms with Crippen molar-refractivity contribution in [2.45, 2.75) is 11.3 Å². The van der Waals surface area contributed by atoms with E-state index in [1.165, 1.54) is 11.3 Å². The van der Waals surface area contributed by atoms with E-state index in [0.29, 0.717) is 11.3 Å². The van der Waals surface area contributed by atoms with Gasteiger partial charge in [-0.2, -0.15) is 5.26 Å². The number of thiol groups is 1. The van der Waals surface area contributed by atoms with E-state index in [1.807, 2.05) is 12.1 Å². The van der Waals surface area contributed by atoms with E-state index in [1.54, 1.807) is 5.38 Å². The third kappa shape index (κ3) is 1.35. The van der Waals surface area contributed by atoms with Gasteiger partial charge in [-0.05, 0) is 11.6 Å². The van der Waals surface area contributed by atoms with Crippen LogP contribution < -0.4 is 0 Å². The van der Waals surface area contributed by atoms with Gasteiger partial charge in [-0.25, -0.2) is 0 Å². The zero-order valence-electron chi connectivity index (χ0n) is 7.19. The fourth-order valence-electron chi connectivity index (χ4n) is 1.37. The van der Waals surface area contributed by atoms with E-state index in [4.69, 9.17) is 5.26 Å². The topological polar surface area (TPSA) is 44.0 Å². The fourth-order valence-corrected chi connectivity index (χ4v) is 2.66. The molecule has 2 aromatic rings. The summed E-state index contributed by atoms with van der Waals surface area (Å²) in [5.74, 6) is 0.245. The Morgan fingerprint density at radius 2 is 2.29 bits per heavy atom. The molecule has 0 fully saturated rings. The van der Waals surface area contributed by atoms with Gasteiger partial charge < -0.3 is 5.11 Å². The molecule has 2 nitrogen and oxygen atoms in total. The van der Waals surface area contributed by atoms with Gasteiger partial charge in [0.15, 0.2) is 0 Å². The summed E-state index contributed by atoms with van der Waals surface area (Å²) >= 11 is 5.80. The highest BCUT2D eigenvalue weighted by Crippen LogP contribution is 2.37. The maximum absolute atomic E-state index is 9.56. The monoisotopic (exact) mass is 221 g/mol. The molecule has 1 aromatic heterocycles. The Hall–Kier alpha value is -1.18. The molecule has 0 saturated heterocycles. The minimum atomic E-state index is 0.245. The summed E-state index contributed by atoms with van der Waals surface area (Å²) in [6.07, 6.45) is 0.323. The lowest BCUT2D eigenvalue weighted by Crippen LogP contribution is -1.84. The van der Waals surface area contributed by atoms with E-state index in [2.05, 4.69) is 18.7 Å². The van der Waals surface area contributed by atoms with Crippen molar-refractivity contribution in [2.24, 2.45) is 0 Å². The van der Waals surface area contributed by atoms with Crippen molar-refractivity contribution >= 4 is 34.1 Å². The number of nitrogens with zero attached hydrogens (tertiary/aromatic N) is 1. The first-order valence-electron chi connectivity index (χ1n) is 4.02. The Labute approximate surface area is 90.8 Å².